The fraction of sp³-hybridized carbons (Fsp3) is 0.222. The zero-order valence-electron chi connectivity index (χ0n) is 12.9. The average molecular weight is 340 g/mol. The highest BCUT2D eigenvalue weighted by Gasteiger charge is 2.36. The van der Waals surface area contributed by atoms with Gasteiger partial charge in [0.1, 0.15) is 0 Å². The summed E-state index contributed by atoms with van der Waals surface area (Å²) in [4.78, 5) is 14.4. The first kappa shape index (κ1) is 16.2. The highest BCUT2D eigenvalue weighted by molar-refractivity contribution is 7.92. The molecule has 1 atom stereocenters. The fourth-order valence-corrected chi connectivity index (χ4v) is 4.55. The summed E-state index contributed by atoms with van der Waals surface area (Å²) in [6.45, 7) is 0.603. The van der Waals surface area contributed by atoms with E-state index in [4.69, 9.17) is 5.26 Å². The van der Waals surface area contributed by atoms with Crippen LogP contribution in [0.15, 0.2) is 59.5 Å². The van der Waals surface area contributed by atoms with Gasteiger partial charge in [0, 0.05) is 18.7 Å². The summed E-state index contributed by atoms with van der Waals surface area (Å²) in [5.74, 6) is -0.203. The molecule has 0 spiro atoms. The van der Waals surface area contributed by atoms with Gasteiger partial charge in [-0.05, 0) is 42.8 Å². The van der Waals surface area contributed by atoms with Gasteiger partial charge in [0.25, 0.3) is 5.91 Å². The van der Waals surface area contributed by atoms with Gasteiger partial charge in [0.05, 0.1) is 21.8 Å². The minimum absolute atomic E-state index is 0.191. The van der Waals surface area contributed by atoms with Crippen LogP contribution in [-0.2, 0) is 9.84 Å². The van der Waals surface area contributed by atoms with Crippen LogP contribution in [0.4, 0.5) is 0 Å². The number of benzene rings is 2. The second kappa shape index (κ2) is 6.46. The van der Waals surface area contributed by atoms with Crippen LogP contribution in [0.25, 0.3) is 0 Å². The number of nitriles is 1. The molecule has 0 saturated carbocycles. The van der Waals surface area contributed by atoms with E-state index in [2.05, 4.69) is 0 Å². The first-order chi connectivity index (χ1) is 11.5. The molecule has 1 amide bonds. The van der Waals surface area contributed by atoms with Crippen LogP contribution in [0.1, 0.15) is 22.3 Å². The molecule has 0 aromatic heterocycles. The molecular formula is C18H16N2O3S. The lowest BCUT2D eigenvalue weighted by Gasteiger charge is -2.17. The van der Waals surface area contributed by atoms with Crippen LogP contribution in [0.5, 0.6) is 0 Å². The van der Waals surface area contributed by atoms with Gasteiger partial charge in [-0.3, -0.25) is 4.79 Å². The van der Waals surface area contributed by atoms with Crippen molar-refractivity contribution in [2.75, 3.05) is 13.1 Å². The molecule has 2 aromatic rings. The van der Waals surface area contributed by atoms with E-state index in [9.17, 15) is 13.2 Å². The second-order valence-electron chi connectivity index (χ2n) is 5.71. The van der Waals surface area contributed by atoms with E-state index in [1.54, 1.807) is 59.5 Å². The molecule has 2 aromatic carbocycles. The Morgan fingerprint density at radius 1 is 1.08 bits per heavy atom. The molecular weight excluding hydrogens is 324 g/mol. The quantitative estimate of drug-likeness (QED) is 0.858. The number of carbonyl (C=O) groups is 1. The monoisotopic (exact) mass is 340 g/mol. The largest absolute Gasteiger partial charge is 0.337 e. The van der Waals surface area contributed by atoms with Gasteiger partial charge in [0.2, 0.25) is 0 Å². The lowest BCUT2D eigenvalue weighted by Crippen LogP contribution is -2.31. The van der Waals surface area contributed by atoms with E-state index < -0.39 is 15.1 Å². The third-order valence-electron chi connectivity index (χ3n) is 4.20. The Morgan fingerprint density at radius 2 is 1.75 bits per heavy atom. The van der Waals surface area contributed by atoms with Crippen molar-refractivity contribution in [3.8, 4) is 6.07 Å². The van der Waals surface area contributed by atoms with Crippen molar-refractivity contribution in [1.29, 1.82) is 5.26 Å². The van der Waals surface area contributed by atoms with E-state index >= 15 is 0 Å². The highest BCUT2D eigenvalue weighted by atomic mass is 32.2. The Morgan fingerprint density at radius 3 is 2.38 bits per heavy atom. The molecule has 1 aliphatic rings. The van der Waals surface area contributed by atoms with Gasteiger partial charge in [-0.2, -0.15) is 5.26 Å². The van der Waals surface area contributed by atoms with E-state index in [-0.39, 0.29) is 12.5 Å². The van der Waals surface area contributed by atoms with Crippen LogP contribution in [0.2, 0.25) is 0 Å². The third-order valence-corrected chi connectivity index (χ3v) is 6.40. The molecule has 5 nitrogen and oxygen atoms in total. The SMILES string of the molecule is N#Cc1ccc(C(=O)N2CCC(S(=O)(=O)c3ccccc3)C2)cc1. The Bertz CT molecular complexity index is 884. The number of amides is 1. The summed E-state index contributed by atoms with van der Waals surface area (Å²) in [5.41, 5.74) is 0.948. The molecule has 0 radical (unpaired) electrons. The zero-order valence-corrected chi connectivity index (χ0v) is 13.7. The summed E-state index contributed by atoms with van der Waals surface area (Å²) in [6.07, 6.45) is 0.430. The Hall–Kier alpha value is -2.65. The maximum Gasteiger partial charge on any atom is 0.253 e. The Labute approximate surface area is 141 Å². The van der Waals surface area contributed by atoms with Crippen LogP contribution in [0, 0.1) is 11.3 Å². The first-order valence-corrected chi connectivity index (χ1v) is 9.15. The molecule has 0 bridgehead atoms. The molecule has 1 fully saturated rings. The molecule has 122 valence electrons. The topological polar surface area (TPSA) is 78.2 Å². The number of nitrogens with zero attached hydrogens (tertiary/aromatic N) is 2. The summed E-state index contributed by atoms with van der Waals surface area (Å²) >= 11 is 0. The summed E-state index contributed by atoms with van der Waals surface area (Å²) in [6, 6.07) is 16.7. The first-order valence-electron chi connectivity index (χ1n) is 7.61. The molecule has 1 saturated heterocycles. The molecule has 1 heterocycles. The van der Waals surface area contributed by atoms with Crippen LogP contribution < -0.4 is 0 Å². The van der Waals surface area contributed by atoms with Crippen molar-refractivity contribution in [2.24, 2.45) is 0 Å². The van der Waals surface area contributed by atoms with Crippen LogP contribution in [-0.4, -0.2) is 37.6 Å². The predicted octanol–water partition coefficient (Wildman–Crippen LogP) is 2.25. The third kappa shape index (κ3) is 3.03. The molecule has 3 rings (SSSR count). The van der Waals surface area contributed by atoms with Crippen molar-refractivity contribution in [1.82, 2.24) is 4.90 Å². The maximum atomic E-state index is 12.6. The normalized spacial score (nSPS) is 17.5. The van der Waals surface area contributed by atoms with Gasteiger partial charge in [-0.1, -0.05) is 18.2 Å². The Balaban J connectivity index is 1.75. The lowest BCUT2D eigenvalue weighted by molar-refractivity contribution is 0.0793. The van der Waals surface area contributed by atoms with Gasteiger partial charge >= 0.3 is 0 Å². The van der Waals surface area contributed by atoms with Crippen LogP contribution in [0.3, 0.4) is 0 Å². The number of hydrogen-bond acceptors (Lipinski definition) is 4. The second-order valence-corrected chi connectivity index (χ2v) is 7.94. The molecule has 24 heavy (non-hydrogen) atoms. The molecule has 1 aliphatic heterocycles. The van der Waals surface area contributed by atoms with Gasteiger partial charge in [0.15, 0.2) is 9.84 Å². The van der Waals surface area contributed by atoms with Gasteiger partial charge in [-0.15, -0.1) is 0 Å². The number of rotatable bonds is 3. The zero-order chi connectivity index (χ0) is 17.2. The molecule has 0 N–H and O–H groups in total. The molecule has 1 unspecified atom stereocenters. The number of likely N-dealkylation sites (tertiary alicyclic amines) is 1. The summed E-state index contributed by atoms with van der Waals surface area (Å²) < 4.78 is 25.3. The van der Waals surface area contributed by atoms with Crippen molar-refractivity contribution < 1.29 is 13.2 Å². The smallest absolute Gasteiger partial charge is 0.253 e. The summed E-state index contributed by atoms with van der Waals surface area (Å²) in [7, 11) is -3.43. The number of carbonyl (C=O) groups excluding carboxylic acids is 1. The molecule has 0 aliphatic carbocycles. The van der Waals surface area contributed by atoms with Crippen molar-refractivity contribution >= 4 is 15.7 Å². The maximum absolute atomic E-state index is 12.6. The fourth-order valence-electron chi connectivity index (χ4n) is 2.84. The minimum atomic E-state index is -3.43. The van der Waals surface area contributed by atoms with E-state index in [1.165, 1.54) is 0 Å². The van der Waals surface area contributed by atoms with Gasteiger partial charge < -0.3 is 4.90 Å². The number of sulfone groups is 1. The van der Waals surface area contributed by atoms with Crippen molar-refractivity contribution in [3.63, 3.8) is 0 Å². The van der Waals surface area contributed by atoms with Crippen LogP contribution >= 0.6 is 0 Å². The van der Waals surface area contributed by atoms with Crippen molar-refractivity contribution in [2.45, 2.75) is 16.6 Å². The van der Waals surface area contributed by atoms with E-state index in [0.717, 1.165) is 0 Å². The molecule has 6 heteroatoms. The van der Waals surface area contributed by atoms with E-state index in [1.807, 2.05) is 6.07 Å². The van der Waals surface area contributed by atoms with Crippen molar-refractivity contribution in [3.05, 3.63) is 65.7 Å². The summed E-state index contributed by atoms with van der Waals surface area (Å²) in [5, 5.41) is 8.22. The standard InChI is InChI=1S/C18H16N2O3S/c19-12-14-6-8-15(9-7-14)18(21)20-11-10-17(13-20)24(22,23)16-4-2-1-3-5-16/h1-9,17H,10-11,13H2. The van der Waals surface area contributed by atoms with Gasteiger partial charge in [-0.25, -0.2) is 8.42 Å². The van der Waals surface area contributed by atoms with E-state index in [0.29, 0.717) is 29.0 Å². The highest BCUT2D eigenvalue weighted by Crippen LogP contribution is 2.25. The minimum Gasteiger partial charge on any atom is -0.337 e. The average Bonchev–Trinajstić information content (AvgIpc) is 3.13. The number of hydrogen-bond donors (Lipinski definition) is 0. The Kier molecular flexibility index (Phi) is 4.36. The predicted molar refractivity (Wildman–Crippen MR) is 89.1 cm³/mol. The lowest BCUT2D eigenvalue weighted by atomic mass is 10.1.